The van der Waals surface area contributed by atoms with Crippen LogP contribution in [0.3, 0.4) is 0 Å². The molecule has 1 saturated heterocycles. The first-order chi connectivity index (χ1) is 11.0. The summed E-state index contributed by atoms with van der Waals surface area (Å²) < 4.78 is 15.8. The maximum absolute atomic E-state index is 11.1. The second-order valence-corrected chi connectivity index (χ2v) is 5.92. The molecule has 23 heavy (non-hydrogen) atoms. The minimum absolute atomic E-state index is 0.398. The molecule has 3 N–H and O–H groups in total. The standard InChI is InChI=1S/C16H30O7/c1-3-4-5-6-7-8-9-21-16-14(20)15(22-11(2)18)13(19)12(10-17)23-16/h12-17,19-20H,3-10H2,1-2H3/t12-,13-,14-,15+,16-/m1/s1. The molecule has 0 spiro atoms. The number of carbonyl (C=O) groups excluding carboxylic acids is 1. The van der Waals surface area contributed by atoms with Gasteiger partial charge in [0.05, 0.1) is 6.61 Å². The van der Waals surface area contributed by atoms with Gasteiger partial charge in [-0.05, 0) is 6.42 Å². The van der Waals surface area contributed by atoms with Gasteiger partial charge in [-0.15, -0.1) is 0 Å². The van der Waals surface area contributed by atoms with Gasteiger partial charge < -0.3 is 29.5 Å². The van der Waals surface area contributed by atoms with Crippen molar-refractivity contribution in [3.63, 3.8) is 0 Å². The van der Waals surface area contributed by atoms with Crippen LogP contribution in [0, 0.1) is 0 Å². The molecule has 0 amide bonds. The third-order valence-electron chi connectivity index (χ3n) is 3.90. The second-order valence-electron chi connectivity index (χ2n) is 5.92. The van der Waals surface area contributed by atoms with E-state index in [4.69, 9.17) is 14.2 Å². The molecule has 1 heterocycles. The lowest BCUT2D eigenvalue weighted by Gasteiger charge is -2.41. The van der Waals surface area contributed by atoms with Crippen molar-refractivity contribution in [1.82, 2.24) is 0 Å². The second kappa shape index (κ2) is 10.9. The predicted octanol–water partition coefficient (Wildman–Crippen LogP) is 0.734. The van der Waals surface area contributed by atoms with E-state index in [2.05, 4.69) is 6.92 Å². The van der Waals surface area contributed by atoms with Gasteiger partial charge in [0.1, 0.15) is 18.3 Å². The maximum Gasteiger partial charge on any atom is 0.303 e. The highest BCUT2D eigenvalue weighted by atomic mass is 16.7. The summed E-state index contributed by atoms with van der Waals surface area (Å²) in [5.41, 5.74) is 0. The first-order valence-electron chi connectivity index (χ1n) is 8.42. The van der Waals surface area contributed by atoms with Gasteiger partial charge in [-0.25, -0.2) is 0 Å². The lowest BCUT2D eigenvalue weighted by Crippen LogP contribution is -2.60. The molecule has 1 aliphatic heterocycles. The van der Waals surface area contributed by atoms with E-state index in [9.17, 15) is 20.1 Å². The van der Waals surface area contributed by atoms with Crippen LogP contribution in [-0.2, 0) is 19.0 Å². The van der Waals surface area contributed by atoms with Crippen molar-refractivity contribution in [3.8, 4) is 0 Å². The van der Waals surface area contributed by atoms with E-state index in [1.165, 1.54) is 26.2 Å². The Bertz CT molecular complexity index is 336. The van der Waals surface area contributed by atoms with Crippen molar-refractivity contribution < 1.29 is 34.3 Å². The molecule has 1 aliphatic rings. The van der Waals surface area contributed by atoms with E-state index in [-0.39, 0.29) is 0 Å². The topological polar surface area (TPSA) is 105 Å². The molecule has 0 aromatic carbocycles. The minimum Gasteiger partial charge on any atom is -0.457 e. The van der Waals surface area contributed by atoms with E-state index in [1.807, 2.05) is 0 Å². The number of hydrogen-bond donors (Lipinski definition) is 3. The Morgan fingerprint density at radius 3 is 2.35 bits per heavy atom. The maximum atomic E-state index is 11.1. The molecule has 136 valence electrons. The highest BCUT2D eigenvalue weighted by Crippen LogP contribution is 2.24. The Morgan fingerprint density at radius 2 is 1.74 bits per heavy atom. The Balaban J connectivity index is 2.42. The molecule has 0 radical (unpaired) electrons. The van der Waals surface area contributed by atoms with E-state index in [0.717, 1.165) is 19.3 Å². The molecular formula is C16H30O7. The average molecular weight is 334 g/mol. The zero-order chi connectivity index (χ0) is 17.2. The summed E-state index contributed by atoms with van der Waals surface area (Å²) in [6.45, 7) is 3.29. The highest BCUT2D eigenvalue weighted by molar-refractivity contribution is 5.66. The molecule has 0 aliphatic carbocycles. The fourth-order valence-corrected chi connectivity index (χ4v) is 2.60. The summed E-state index contributed by atoms with van der Waals surface area (Å²) >= 11 is 0. The van der Waals surface area contributed by atoms with Crippen LogP contribution in [0.5, 0.6) is 0 Å². The van der Waals surface area contributed by atoms with Gasteiger partial charge >= 0.3 is 5.97 Å². The van der Waals surface area contributed by atoms with Crippen molar-refractivity contribution in [1.29, 1.82) is 0 Å². The number of unbranched alkanes of at least 4 members (excludes halogenated alkanes) is 5. The highest BCUT2D eigenvalue weighted by Gasteiger charge is 2.46. The number of aliphatic hydroxyl groups is 3. The van der Waals surface area contributed by atoms with E-state index in [0.29, 0.717) is 6.61 Å². The quantitative estimate of drug-likeness (QED) is 0.399. The number of carbonyl (C=O) groups is 1. The van der Waals surface area contributed by atoms with Crippen molar-refractivity contribution in [3.05, 3.63) is 0 Å². The molecular weight excluding hydrogens is 304 g/mol. The molecule has 0 saturated carbocycles. The fourth-order valence-electron chi connectivity index (χ4n) is 2.60. The number of hydrogen-bond acceptors (Lipinski definition) is 7. The molecule has 1 fully saturated rings. The minimum atomic E-state index is -1.30. The largest absolute Gasteiger partial charge is 0.457 e. The Labute approximate surface area is 137 Å². The lowest BCUT2D eigenvalue weighted by molar-refractivity contribution is -0.303. The van der Waals surface area contributed by atoms with E-state index >= 15 is 0 Å². The number of esters is 1. The summed E-state index contributed by atoms with van der Waals surface area (Å²) in [7, 11) is 0. The van der Waals surface area contributed by atoms with Crippen LogP contribution in [0.1, 0.15) is 52.4 Å². The van der Waals surface area contributed by atoms with Crippen LogP contribution in [0.25, 0.3) is 0 Å². The third-order valence-corrected chi connectivity index (χ3v) is 3.90. The summed E-state index contributed by atoms with van der Waals surface area (Å²) in [4.78, 5) is 11.1. The first kappa shape index (κ1) is 20.3. The van der Waals surface area contributed by atoms with Crippen LogP contribution < -0.4 is 0 Å². The molecule has 0 aromatic rings. The van der Waals surface area contributed by atoms with Gasteiger partial charge in [0.25, 0.3) is 0 Å². The summed E-state index contributed by atoms with van der Waals surface area (Å²) in [6.07, 6.45) is 0.867. The average Bonchev–Trinajstić information content (AvgIpc) is 2.52. The van der Waals surface area contributed by atoms with Crippen LogP contribution >= 0.6 is 0 Å². The van der Waals surface area contributed by atoms with Gasteiger partial charge in [0.15, 0.2) is 12.4 Å². The monoisotopic (exact) mass is 334 g/mol. The molecule has 0 unspecified atom stereocenters. The molecule has 0 aromatic heterocycles. The van der Waals surface area contributed by atoms with E-state index < -0.39 is 43.3 Å². The molecule has 0 bridgehead atoms. The number of rotatable bonds is 10. The molecule has 7 nitrogen and oxygen atoms in total. The van der Waals surface area contributed by atoms with Crippen molar-refractivity contribution in [2.24, 2.45) is 0 Å². The first-order valence-corrected chi connectivity index (χ1v) is 8.42. The van der Waals surface area contributed by atoms with Gasteiger partial charge in [-0.1, -0.05) is 39.0 Å². The normalized spacial score (nSPS) is 31.1. The zero-order valence-corrected chi connectivity index (χ0v) is 14.0. The van der Waals surface area contributed by atoms with Crippen molar-refractivity contribution in [2.75, 3.05) is 13.2 Å². The number of aliphatic hydroxyl groups excluding tert-OH is 3. The summed E-state index contributed by atoms with van der Waals surface area (Å²) in [5.74, 6) is -0.624. The van der Waals surface area contributed by atoms with Crippen LogP contribution in [0.2, 0.25) is 0 Å². The smallest absolute Gasteiger partial charge is 0.303 e. The lowest BCUT2D eigenvalue weighted by atomic mass is 9.99. The van der Waals surface area contributed by atoms with E-state index in [1.54, 1.807) is 0 Å². The SMILES string of the molecule is CCCCCCCCO[C@@H]1O[C@H](CO)[C@@H](O)[C@H](OC(C)=O)[C@H]1O. The molecule has 7 heteroatoms. The third kappa shape index (κ3) is 6.73. The summed E-state index contributed by atoms with van der Waals surface area (Å²) in [5, 5.41) is 29.4. The van der Waals surface area contributed by atoms with Crippen LogP contribution in [0.15, 0.2) is 0 Å². The van der Waals surface area contributed by atoms with Gasteiger partial charge in [0.2, 0.25) is 0 Å². The van der Waals surface area contributed by atoms with Crippen LogP contribution in [-0.4, -0.2) is 65.2 Å². The van der Waals surface area contributed by atoms with Crippen molar-refractivity contribution in [2.45, 2.75) is 83.1 Å². The van der Waals surface area contributed by atoms with Gasteiger partial charge in [-0.2, -0.15) is 0 Å². The van der Waals surface area contributed by atoms with Crippen molar-refractivity contribution >= 4 is 5.97 Å². The summed E-state index contributed by atoms with van der Waals surface area (Å²) in [6, 6.07) is 0. The Morgan fingerprint density at radius 1 is 1.09 bits per heavy atom. The van der Waals surface area contributed by atoms with Crippen LogP contribution in [0.4, 0.5) is 0 Å². The Hall–Kier alpha value is -0.730. The molecule has 5 atom stereocenters. The van der Waals surface area contributed by atoms with Gasteiger partial charge in [0, 0.05) is 13.5 Å². The molecule has 1 rings (SSSR count). The zero-order valence-electron chi connectivity index (χ0n) is 14.0. The number of ether oxygens (including phenoxy) is 3. The predicted molar refractivity (Wildman–Crippen MR) is 82.6 cm³/mol. The fraction of sp³-hybridized carbons (Fsp3) is 0.938. The Kier molecular flexibility index (Phi) is 9.66. The van der Waals surface area contributed by atoms with Gasteiger partial charge in [-0.3, -0.25) is 4.79 Å².